The SMILES string of the molecule is CC(C)(C)c1ccc(-c2nc(C(C)(C)C)nc(C(C)(C)C)n2)cc1. The molecule has 24 heavy (non-hydrogen) atoms. The molecular formula is C21H31N3. The van der Waals surface area contributed by atoms with E-state index < -0.39 is 0 Å². The van der Waals surface area contributed by atoms with Gasteiger partial charge in [0, 0.05) is 16.4 Å². The van der Waals surface area contributed by atoms with Gasteiger partial charge in [-0.15, -0.1) is 0 Å². The minimum Gasteiger partial charge on any atom is -0.217 e. The third-order valence-corrected chi connectivity index (χ3v) is 3.99. The Morgan fingerprint density at radius 2 is 0.958 bits per heavy atom. The summed E-state index contributed by atoms with van der Waals surface area (Å²) in [5.74, 6) is 2.45. The van der Waals surface area contributed by atoms with Crippen LogP contribution in [0.2, 0.25) is 0 Å². The summed E-state index contributed by atoms with van der Waals surface area (Å²) in [5.41, 5.74) is 2.28. The number of aromatic nitrogens is 3. The van der Waals surface area contributed by atoms with Crippen LogP contribution in [0.3, 0.4) is 0 Å². The fourth-order valence-corrected chi connectivity index (χ4v) is 2.30. The van der Waals surface area contributed by atoms with E-state index in [1.165, 1.54) is 5.56 Å². The summed E-state index contributed by atoms with van der Waals surface area (Å²) in [6, 6.07) is 8.59. The van der Waals surface area contributed by atoms with Gasteiger partial charge in [0.1, 0.15) is 11.6 Å². The van der Waals surface area contributed by atoms with E-state index in [4.69, 9.17) is 15.0 Å². The molecule has 2 aromatic rings. The predicted molar refractivity (Wildman–Crippen MR) is 101 cm³/mol. The highest BCUT2D eigenvalue weighted by Crippen LogP contribution is 2.28. The molecule has 0 saturated heterocycles. The molecule has 3 nitrogen and oxygen atoms in total. The normalized spacial score (nSPS) is 13.2. The summed E-state index contributed by atoms with van der Waals surface area (Å²) in [4.78, 5) is 14.3. The van der Waals surface area contributed by atoms with Crippen LogP contribution in [0.4, 0.5) is 0 Å². The number of hydrogen-bond donors (Lipinski definition) is 0. The first-order valence-electron chi connectivity index (χ1n) is 8.66. The van der Waals surface area contributed by atoms with Crippen molar-refractivity contribution in [1.29, 1.82) is 0 Å². The summed E-state index contributed by atoms with van der Waals surface area (Å²) >= 11 is 0. The zero-order chi connectivity index (χ0) is 18.3. The van der Waals surface area contributed by atoms with Crippen molar-refractivity contribution >= 4 is 0 Å². The molecule has 1 aromatic carbocycles. The second-order valence-electron chi connectivity index (χ2n) is 9.63. The fourth-order valence-electron chi connectivity index (χ4n) is 2.30. The summed E-state index contributed by atoms with van der Waals surface area (Å²) in [7, 11) is 0. The lowest BCUT2D eigenvalue weighted by Crippen LogP contribution is -2.24. The molecule has 0 N–H and O–H groups in total. The van der Waals surface area contributed by atoms with Gasteiger partial charge in [-0.2, -0.15) is 0 Å². The maximum absolute atomic E-state index is 4.76. The molecule has 0 aliphatic rings. The largest absolute Gasteiger partial charge is 0.217 e. The third kappa shape index (κ3) is 4.19. The average Bonchev–Trinajstić information content (AvgIpc) is 2.44. The summed E-state index contributed by atoms with van der Waals surface area (Å²) in [6.07, 6.45) is 0. The molecule has 130 valence electrons. The highest BCUT2D eigenvalue weighted by Gasteiger charge is 2.25. The Balaban J connectivity index is 2.57. The van der Waals surface area contributed by atoms with Crippen molar-refractivity contribution in [2.75, 3.05) is 0 Å². The van der Waals surface area contributed by atoms with E-state index in [1.54, 1.807) is 0 Å². The Morgan fingerprint density at radius 3 is 1.29 bits per heavy atom. The molecule has 0 spiro atoms. The number of hydrogen-bond acceptors (Lipinski definition) is 3. The van der Waals surface area contributed by atoms with Gasteiger partial charge < -0.3 is 0 Å². The minimum atomic E-state index is -0.108. The molecule has 0 radical (unpaired) electrons. The quantitative estimate of drug-likeness (QED) is 0.701. The molecule has 0 unspecified atom stereocenters. The van der Waals surface area contributed by atoms with E-state index in [1.807, 2.05) is 0 Å². The highest BCUT2D eigenvalue weighted by molar-refractivity contribution is 5.56. The van der Waals surface area contributed by atoms with Gasteiger partial charge in [0.2, 0.25) is 0 Å². The van der Waals surface area contributed by atoms with Crippen LogP contribution in [-0.2, 0) is 16.2 Å². The van der Waals surface area contributed by atoms with Gasteiger partial charge in [0.25, 0.3) is 0 Å². The third-order valence-electron chi connectivity index (χ3n) is 3.99. The molecule has 2 rings (SSSR count). The smallest absolute Gasteiger partial charge is 0.163 e. The van der Waals surface area contributed by atoms with Crippen molar-refractivity contribution in [3.8, 4) is 11.4 Å². The van der Waals surface area contributed by atoms with Gasteiger partial charge in [-0.25, -0.2) is 15.0 Å². The first-order valence-corrected chi connectivity index (χ1v) is 8.66. The van der Waals surface area contributed by atoms with Gasteiger partial charge in [0.05, 0.1) is 0 Å². The first-order chi connectivity index (χ1) is 10.8. The van der Waals surface area contributed by atoms with Crippen molar-refractivity contribution < 1.29 is 0 Å². The molecule has 1 heterocycles. The van der Waals surface area contributed by atoms with E-state index in [9.17, 15) is 0 Å². The van der Waals surface area contributed by atoms with Crippen LogP contribution in [-0.4, -0.2) is 15.0 Å². The van der Waals surface area contributed by atoms with Crippen LogP contribution >= 0.6 is 0 Å². The van der Waals surface area contributed by atoms with Crippen molar-refractivity contribution in [1.82, 2.24) is 15.0 Å². The van der Waals surface area contributed by atoms with Gasteiger partial charge in [0.15, 0.2) is 5.82 Å². The summed E-state index contributed by atoms with van der Waals surface area (Å²) in [6.45, 7) is 19.5. The molecule has 0 aliphatic heterocycles. The number of rotatable bonds is 1. The molecule has 0 amide bonds. The lowest BCUT2D eigenvalue weighted by Gasteiger charge is -2.23. The van der Waals surface area contributed by atoms with E-state index in [-0.39, 0.29) is 16.2 Å². The monoisotopic (exact) mass is 325 g/mol. The standard InChI is InChI=1S/C21H31N3/c1-19(2,3)15-12-10-14(11-13-15)16-22-17(20(4,5)6)24-18(23-16)21(7,8)9/h10-13H,1-9H3. The Morgan fingerprint density at radius 1 is 0.542 bits per heavy atom. The van der Waals surface area contributed by atoms with Crippen LogP contribution < -0.4 is 0 Å². The Bertz CT molecular complexity index is 676. The van der Waals surface area contributed by atoms with E-state index in [2.05, 4.69) is 86.6 Å². The second-order valence-corrected chi connectivity index (χ2v) is 9.63. The molecule has 0 saturated carbocycles. The van der Waals surface area contributed by atoms with Crippen LogP contribution in [0.15, 0.2) is 24.3 Å². The topological polar surface area (TPSA) is 38.7 Å². The molecule has 0 atom stereocenters. The first kappa shape index (κ1) is 18.6. The van der Waals surface area contributed by atoms with Gasteiger partial charge in [-0.3, -0.25) is 0 Å². The lowest BCUT2D eigenvalue weighted by atomic mass is 9.86. The molecular weight excluding hydrogens is 294 g/mol. The zero-order valence-corrected chi connectivity index (χ0v) is 16.7. The van der Waals surface area contributed by atoms with Crippen LogP contribution in [0.25, 0.3) is 11.4 Å². The van der Waals surface area contributed by atoms with Crippen molar-refractivity contribution in [2.24, 2.45) is 0 Å². The Hall–Kier alpha value is -1.77. The average molecular weight is 326 g/mol. The molecule has 1 aromatic heterocycles. The van der Waals surface area contributed by atoms with Crippen molar-refractivity contribution in [3.05, 3.63) is 41.5 Å². The maximum atomic E-state index is 4.76. The van der Waals surface area contributed by atoms with Crippen molar-refractivity contribution in [2.45, 2.75) is 78.6 Å². The second kappa shape index (κ2) is 5.94. The molecule has 3 heteroatoms. The van der Waals surface area contributed by atoms with Gasteiger partial charge in [-0.1, -0.05) is 86.6 Å². The Labute approximate surface area is 147 Å². The fraction of sp³-hybridized carbons (Fsp3) is 0.571. The zero-order valence-electron chi connectivity index (χ0n) is 16.7. The van der Waals surface area contributed by atoms with E-state index in [0.29, 0.717) is 0 Å². The van der Waals surface area contributed by atoms with Gasteiger partial charge in [-0.05, 0) is 11.0 Å². The Kier molecular flexibility index (Phi) is 4.60. The summed E-state index contributed by atoms with van der Waals surface area (Å²) < 4.78 is 0. The van der Waals surface area contributed by atoms with Crippen LogP contribution in [0, 0.1) is 0 Å². The van der Waals surface area contributed by atoms with Crippen molar-refractivity contribution in [3.63, 3.8) is 0 Å². The van der Waals surface area contributed by atoms with Crippen LogP contribution in [0.1, 0.15) is 79.5 Å². The minimum absolute atomic E-state index is 0.108. The lowest BCUT2D eigenvalue weighted by molar-refractivity contribution is 0.497. The number of nitrogens with zero attached hydrogens (tertiary/aromatic N) is 3. The predicted octanol–water partition coefficient (Wildman–Crippen LogP) is 5.43. The molecule has 0 aliphatic carbocycles. The van der Waals surface area contributed by atoms with E-state index in [0.717, 1.165) is 23.0 Å². The van der Waals surface area contributed by atoms with Crippen LogP contribution in [0.5, 0.6) is 0 Å². The highest BCUT2D eigenvalue weighted by atomic mass is 15.0. The number of benzene rings is 1. The maximum Gasteiger partial charge on any atom is 0.163 e. The van der Waals surface area contributed by atoms with Gasteiger partial charge >= 0.3 is 0 Å². The molecule has 0 bridgehead atoms. The van der Waals surface area contributed by atoms with E-state index >= 15 is 0 Å². The molecule has 0 fully saturated rings. The summed E-state index contributed by atoms with van der Waals surface area (Å²) in [5, 5.41) is 0.